The van der Waals surface area contributed by atoms with Gasteiger partial charge >= 0.3 is 0 Å². The van der Waals surface area contributed by atoms with Gasteiger partial charge in [-0.15, -0.1) is 0 Å². The lowest BCUT2D eigenvalue weighted by Gasteiger charge is -2.27. The molecule has 1 aromatic rings. The molecule has 3 heteroatoms. The number of ether oxygens (including phenoxy) is 1. The van der Waals surface area contributed by atoms with E-state index in [1.54, 1.807) is 13.2 Å². The third kappa shape index (κ3) is 2.40. The highest BCUT2D eigenvalue weighted by atomic mass is 16.5. The predicted molar refractivity (Wildman–Crippen MR) is 66.1 cm³/mol. The summed E-state index contributed by atoms with van der Waals surface area (Å²) in [6.45, 7) is 0.558. The van der Waals surface area contributed by atoms with E-state index in [9.17, 15) is 4.79 Å². The van der Waals surface area contributed by atoms with Crippen molar-refractivity contribution in [1.82, 2.24) is 0 Å². The summed E-state index contributed by atoms with van der Waals surface area (Å²) in [5.41, 5.74) is 1.30. The Balaban J connectivity index is 2.28. The Morgan fingerprint density at radius 2 is 1.94 bits per heavy atom. The Kier molecular flexibility index (Phi) is 3.60. The molecule has 0 saturated heterocycles. The summed E-state index contributed by atoms with van der Waals surface area (Å²) in [5.74, 6) is 0.862. The zero-order valence-corrected chi connectivity index (χ0v) is 10.1. The highest BCUT2D eigenvalue weighted by Gasteiger charge is 2.35. The molecule has 0 unspecified atom stereocenters. The second kappa shape index (κ2) is 5.15. The Hall–Kier alpha value is -1.60. The zero-order valence-electron chi connectivity index (χ0n) is 10.1. The van der Waals surface area contributed by atoms with E-state index in [1.165, 1.54) is 18.4 Å². The first kappa shape index (κ1) is 11.9. The highest BCUT2D eigenvalue weighted by Crippen LogP contribution is 2.41. The van der Waals surface area contributed by atoms with Crippen LogP contribution in [0.1, 0.15) is 31.2 Å². The SMILES string of the molecule is COc1ccc(C2(CN=C=O)CCCC2)cc1. The molecule has 1 aliphatic rings. The average molecular weight is 231 g/mol. The van der Waals surface area contributed by atoms with Gasteiger partial charge in [-0.25, -0.2) is 9.79 Å². The van der Waals surface area contributed by atoms with Gasteiger partial charge in [0.05, 0.1) is 13.7 Å². The van der Waals surface area contributed by atoms with E-state index < -0.39 is 0 Å². The summed E-state index contributed by atoms with van der Waals surface area (Å²) in [7, 11) is 1.66. The smallest absolute Gasteiger partial charge is 0.234 e. The van der Waals surface area contributed by atoms with Crippen LogP contribution >= 0.6 is 0 Å². The summed E-state index contributed by atoms with van der Waals surface area (Å²) < 4.78 is 5.16. The second-order valence-corrected chi connectivity index (χ2v) is 4.62. The summed E-state index contributed by atoms with van der Waals surface area (Å²) >= 11 is 0. The molecular formula is C14H17NO2. The van der Waals surface area contributed by atoms with Crippen molar-refractivity contribution in [2.75, 3.05) is 13.7 Å². The summed E-state index contributed by atoms with van der Waals surface area (Å²) in [6, 6.07) is 8.12. The van der Waals surface area contributed by atoms with Crippen molar-refractivity contribution in [3.05, 3.63) is 29.8 Å². The van der Waals surface area contributed by atoms with Gasteiger partial charge in [0.1, 0.15) is 5.75 Å². The molecule has 17 heavy (non-hydrogen) atoms. The van der Waals surface area contributed by atoms with Crippen molar-refractivity contribution in [1.29, 1.82) is 0 Å². The van der Waals surface area contributed by atoms with Crippen LogP contribution < -0.4 is 4.74 Å². The number of isocyanates is 1. The normalized spacial score (nSPS) is 17.5. The number of methoxy groups -OCH3 is 1. The van der Waals surface area contributed by atoms with E-state index in [2.05, 4.69) is 17.1 Å². The molecule has 0 heterocycles. The van der Waals surface area contributed by atoms with E-state index in [1.807, 2.05) is 12.1 Å². The van der Waals surface area contributed by atoms with Crippen molar-refractivity contribution in [3.8, 4) is 5.75 Å². The third-order valence-corrected chi connectivity index (χ3v) is 3.71. The summed E-state index contributed by atoms with van der Waals surface area (Å²) in [6.07, 6.45) is 6.28. The van der Waals surface area contributed by atoms with Gasteiger partial charge in [-0.1, -0.05) is 25.0 Å². The number of benzene rings is 1. The first-order valence-corrected chi connectivity index (χ1v) is 5.99. The van der Waals surface area contributed by atoms with Crippen LogP contribution in [0.3, 0.4) is 0 Å². The second-order valence-electron chi connectivity index (χ2n) is 4.62. The molecule has 0 spiro atoms. The Morgan fingerprint density at radius 3 is 2.47 bits per heavy atom. The number of rotatable bonds is 4. The molecule has 1 saturated carbocycles. The third-order valence-electron chi connectivity index (χ3n) is 3.71. The van der Waals surface area contributed by atoms with Crippen LogP contribution in [0.15, 0.2) is 29.3 Å². The first-order chi connectivity index (χ1) is 8.30. The topological polar surface area (TPSA) is 38.7 Å². The van der Waals surface area contributed by atoms with Gasteiger partial charge in [-0.3, -0.25) is 0 Å². The molecule has 2 rings (SSSR count). The number of carbonyl (C=O) groups excluding carboxylic acids is 1. The maximum atomic E-state index is 10.3. The monoisotopic (exact) mass is 231 g/mol. The number of aliphatic imine (C=N–C) groups is 1. The van der Waals surface area contributed by atoms with E-state index in [0.717, 1.165) is 18.6 Å². The molecule has 0 atom stereocenters. The molecule has 0 bridgehead atoms. The quantitative estimate of drug-likeness (QED) is 0.590. The van der Waals surface area contributed by atoms with Crippen LogP contribution in [0.5, 0.6) is 5.75 Å². The van der Waals surface area contributed by atoms with E-state index in [-0.39, 0.29) is 5.41 Å². The zero-order chi connectivity index (χ0) is 12.1. The number of hydrogen-bond donors (Lipinski definition) is 0. The van der Waals surface area contributed by atoms with Crippen LogP contribution in [0.25, 0.3) is 0 Å². The molecule has 1 aromatic carbocycles. The molecule has 0 N–H and O–H groups in total. The summed E-state index contributed by atoms with van der Waals surface area (Å²) in [4.78, 5) is 14.1. The lowest BCUT2D eigenvalue weighted by molar-refractivity contribution is 0.412. The van der Waals surface area contributed by atoms with Crippen LogP contribution in [0, 0.1) is 0 Å². The fourth-order valence-corrected chi connectivity index (χ4v) is 2.72. The van der Waals surface area contributed by atoms with Gasteiger partial charge in [-0.05, 0) is 30.5 Å². The molecule has 0 radical (unpaired) electrons. The average Bonchev–Trinajstić information content (AvgIpc) is 2.86. The predicted octanol–water partition coefficient (Wildman–Crippen LogP) is 2.84. The summed E-state index contributed by atoms with van der Waals surface area (Å²) in [5, 5.41) is 0. The lowest BCUT2D eigenvalue weighted by Crippen LogP contribution is -2.25. The molecule has 90 valence electrons. The number of nitrogens with zero attached hydrogens (tertiary/aromatic N) is 1. The van der Waals surface area contributed by atoms with Gasteiger partial charge in [0, 0.05) is 5.41 Å². The molecular weight excluding hydrogens is 214 g/mol. The molecule has 0 aliphatic heterocycles. The minimum absolute atomic E-state index is 0.0453. The molecule has 0 amide bonds. The van der Waals surface area contributed by atoms with E-state index in [0.29, 0.717) is 6.54 Å². The van der Waals surface area contributed by atoms with E-state index >= 15 is 0 Å². The highest BCUT2D eigenvalue weighted by molar-refractivity contribution is 5.37. The van der Waals surface area contributed by atoms with Crippen LogP contribution in [-0.2, 0) is 10.2 Å². The minimum Gasteiger partial charge on any atom is -0.497 e. The van der Waals surface area contributed by atoms with Crippen molar-refractivity contribution in [3.63, 3.8) is 0 Å². The van der Waals surface area contributed by atoms with E-state index in [4.69, 9.17) is 4.74 Å². The van der Waals surface area contributed by atoms with Crippen molar-refractivity contribution in [2.24, 2.45) is 4.99 Å². The molecule has 1 aliphatic carbocycles. The fraction of sp³-hybridized carbons (Fsp3) is 0.500. The van der Waals surface area contributed by atoms with Crippen LogP contribution in [-0.4, -0.2) is 19.7 Å². The minimum atomic E-state index is 0.0453. The van der Waals surface area contributed by atoms with Gasteiger partial charge < -0.3 is 4.74 Å². The molecule has 1 fully saturated rings. The molecule has 0 aromatic heterocycles. The molecule has 3 nitrogen and oxygen atoms in total. The van der Waals surface area contributed by atoms with Crippen LogP contribution in [0.4, 0.5) is 0 Å². The fourth-order valence-electron chi connectivity index (χ4n) is 2.72. The van der Waals surface area contributed by atoms with Crippen molar-refractivity contribution >= 4 is 6.08 Å². The Labute approximate surface area is 102 Å². The standard InChI is InChI=1S/C14H17NO2/c1-17-13-6-4-12(5-7-13)14(10-15-11-16)8-2-3-9-14/h4-7H,2-3,8-10H2,1H3. The first-order valence-electron chi connectivity index (χ1n) is 5.99. The maximum absolute atomic E-state index is 10.3. The van der Waals surface area contributed by atoms with Gasteiger partial charge in [-0.2, -0.15) is 0 Å². The van der Waals surface area contributed by atoms with Gasteiger partial charge in [0.2, 0.25) is 6.08 Å². The van der Waals surface area contributed by atoms with Gasteiger partial charge in [0.15, 0.2) is 0 Å². The maximum Gasteiger partial charge on any atom is 0.234 e. The van der Waals surface area contributed by atoms with Crippen molar-refractivity contribution < 1.29 is 9.53 Å². The van der Waals surface area contributed by atoms with Gasteiger partial charge in [0.25, 0.3) is 0 Å². The Morgan fingerprint density at radius 1 is 1.29 bits per heavy atom. The number of hydrogen-bond acceptors (Lipinski definition) is 3. The largest absolute Gasteiger partial charge is 0.497 e. The van der Waals surface area contributed by atoms with Crippen LogP contribution in [0.2, 0.25) is 0 Å². The lowest BCUT2D eigenvalue weighted by atomic mass is 9.79. The Bertz CT molecular complexity index is 412. The van der Waals surface area contributed by atoms with Crippen molar-refractivity contribution in [2.45, 2.75) is 31.1 Å².